The Morgan fingerprint density at radius 1 is 0.871 bits per heavy atom. The molecule has 166 valence electrons. The fourth-order valence-corrected chi connectivity index (χ4v) is 4.75. The lowest BCUT2D eigenvalue weighted by Crippen LogP contribution is -2.58. The number of hydrogen-bond donors (Lipinski definition) is 1. The van der Waals surface area contributed by atoms with Crippen molar-refractivity contribution in [3.63, 3.8) is 0 Å². The quantitative estimate of drug-likeness (QED) is 0.545. The average molecular weight is 470 g/mol. The maximum atomic E-state index is 13.6. The van der Waals surface area contributed by atoms with Crippen LogP contribution in [0, 0.1) is 17.0 Å². The van der Waals surface area contributed by atoms with Crippen molar-refractivity contribution in [1.82, 2.24) is 5.32 Å². The van der Waals surface area contributed by atoms with Gasteiger partial charge in [-0.1, -0.05) is 23.2 Å². The van der Waals surface area contributed by atoms with E-state index in [2.05, 4.69) is 5.32 Å². The summed E-state index contributed by atoms with van der Waals surface area (Å²) in [4.78, 5) is 12.4. The van der Waals surface area contributed by atoms with Crippen LogP contribution in [0.1, 0.15) is 38.5 Å². The van der Waals surface area contributed by atoms with Gasteiger partial charge in [-0.05, 0) is 62.8 Å². The van der Waals surface area contributed by atoms with Crippen molar-refractivity contribution in [3.05, 3.63) is 58.1 Å². The monoisotopic (exact) mass is 469 g/mol. The molecule has 5 rings (SSSR count). The number of rotatable bonds is 7. The Kier molecular flexibility index (Phi) is 6.31. The molecule has 3 aliphatic rings. The zero-order valence-corrected chi connectivity index (χ0v) is 18.4. The van der Waals surface area contributed by atoms with Gasteiger partial charge in [-0.3, -0.25) is 4.79 Å². The highest BCUT2D eigenvalue weighted by Crippen LogP contribution is 2.52. The van der Waals surface area contributed by atoms with E-state index in [-0.39, 0.29) is 39.3 Å². The van der Waals surface area contributed by atoms with E-state index in [1.807, 2.05) is 0 Å². The van der Waals surface area contributed by atoms with Crippen LogP contribution in [-0.4, -0.2) is 24.7 Å². The van der Waals surface area contributed by atoms with Crippen LogP contribution in [0.5, 0.6) is 11.5 Å². The summed E-state index contributed by atoms with van der Waals surface area (Å²) in [6, 6.07) is 8.56. The number of ether oxygens (including phenoxy) is 2. The van der Waals surface area contributed by atoms with E-state index < -0.39 is 11.6 Å². The normalized spacial score (nSPS) is 24.6. The highest BCUT2D eigenvalue weighted by atomic mass is 35.5. The lowest BCUT2D eigenvalue weighted by molar-refractivity contribution is -0.127. The van der Waals surface area contributed by atoms with Gasteiger partial charge >= 0.3 is 0 Å². The van der Waals surface area contributed by atoms with Gasteiger partial charge < -0.3 is 14.8 Å². The standard InChI is InChI=1S/C23H23Cl2F2NO3/c24-17-3-1-15(11-19(17)26)30-13-21(29)28-23-8-5-22(6-9-23,7-10-23)14-31-16-2-4-18(25)20(27)12-16/h1-4,11-12H,5-10,13-14H2,(H,28,29). The van der Waals surface area contributed by atoms with Gasteiger partial charge in [-0.15, -0.1) is 0 Å². The molecule has 3 aliphatic carbocycles. The summed E-state index contributed by atoms with van der Waals surface area (Å²) >= 11 is 11.4. The smallest absolute Gasteiger partial charge is 0.258 e. The fraction of sp³-hybridized carbons (Fsp3) is 0.435. The first-order chi connectivity index (χ1) is 14.8. The van der Waals surface area contributed by atoms with Gasteiger partial charge in [0.05, 0.1) is 16.7 Å². The van der Waals surface area contributed by atoms with E-state index in [0.29, 0.717) is 12.4 Å². The van der Waals surface area contributed by atoms with Gasteiger partial charge in [0.2, 0.25) is 0 Å². The van der Waals surface area contributed by atoms with Crippen molar-refractivity contribution >= 4 is 29.1 Å². The minimum atomic E-state index is -0.586. The Morgan fingerprint density at radius 3 is 1.90 bits per heavy atom. The Balaban J connectivity index is 1.27. The van der Waals surface area contributed by atoms with Crippen molar-refractivity contribution in [2.75, 3.05) is 13.2 Å². The second-order valence-corrected chi connectivity index (χ2v) is 9.37. The third kappa shape index (κ3) is 5.07. The highest BCUT2D eigenvalue weighted by Gasteiger charge is 2.49. The Morgan fingerprint density at radius 2 is 1.39 bits per heavy atom. The summed E-state index contributed by atoms with van der Waals surface area (Å²) in [6.45, 7) is 0.336. The number of nitrogens with one attached hydrogen (secondary N) is 1. The molecule has 31 heavy (non-hydrogen) atoms. The molecule has 0 aliphatic heterocycles. The maximum absolute atomic E-state index is 13.6. The van der Waals surface area contributed by atoms with E-state index >= 15 is 0 Å². The molecule has 4 nitrogen and oxygen atoms in total. The van der Waals surface area contributed by atoms with Gasteiger partial charge in [0.1, 0.15) is 23.1 Å². The van der Waals surface area contributed by atoms with E-state index in [1.54, 1.807) is 6.07 Å². The zero-order chi connectivity index (χ0) is 22.1. The molecule has 2 bridgehead atoms. The molecule has 0 heterocycles. The summed E-state index contributed by atoms with van der Waals surface area (Å²) in [5.41, 5.74) is -0.195. The first-order valence-electron chi connectivity index (χ1n) is 10.3. The highest BCUT2D eigenvalue weighted by molar-refractivity contribution is 6.31. The fourth-order valence-electron chi connectivity index (χ4n) is 4.52. The second-order valence-electron chi connectivity index (χ2n) is 8.56. The Hall–Kier alpha value is -2.05. The third-order valence-corrected chi connectivity index (χ3v) is 7.12. The number of carbonyl (C=O) groups is 1. The molecular formula is C23H23Cl2F2NO3. The minimum Gasteiger partial charge on any atom is -0.493 e. The van der Waals surface area contributed by atoms with Gasteiger partial charge in [-0.2, -0.15) is 0 Å². The lowest BCUT2D eigenvalue weighted by atomic mass is 9.57. The minimum absolute atomic E-state index is 0.00811. The summed E-state index contributed by atoms with van der Waals surface area (Å²) < 4.78 is 38.4. The molecule has 0 unspecified atom stereocenters. The molecule has 3 fully saturated rings. The molecule has 0 aromatic heterocycles. The van der Waals surface area contributed by atoms with Crippen molar-refractivity contribution in [2.24, 2.45) is 5.41 Å². The molecule has 2 aromatic carbocycles. The van der Waals surface area contributed by atoms with Gasteiger partial charge in [0.25, 0.3) is 5.91 Å². The van der Waals surface area contributed by atoms with Crippen molar-refractivity contribution in [1.29, 1.82) is 0 Å². The first-order valence-corrected chi connectivity index (χ1v) is 11.0. The summed E-state index contributed by atoms with van der Waals surface area (Å²) in [5.74, 6) is -0.566. The number of benzene rings is 2. The number of amides is 1. The largest absolute Gasteiger partial charge is 0.493 e. The summed E-state index contributed by atoms with van der Waals surface area (Å²) in [7, 11) is 0. The van der Waals surface area contributed by atoms with Gasteiger partial charge in [0, 0.05) is 23.1 Å². The summed E-state index contributed by atoms with van der Waals surface area (Å²) in [5, 5.41) is 3.22. The Bertz CT molecular complexity index is 961. The van der Waals surface area contributed by atoms with Crippen LogP contribution in [0.4, 0.5) is 8.78 Å². The van der Waals surface area contributed by atoms with Crippen LogP contribution in [0.2, 0.25) is 10.0 Å². The van der Waals surface area contributed by atoms with E-state index in [0.717, 1.165) is 44.6 Å². The molecule has 1 N–H and O–H groups in total. The number of hydrogen-bond acceptors (Lipinski definition) is 3. The summed E-state index contributed by atoms with van der Waals surface area (Å²) in [6.07, 6.45) is 5.33. The van der Waals surface area contributed by atoms with E-state index in [1.165, 1.54) is 24.3 Å². The maximum Gasteiger partial charge on any atom is 0.258 e. The number of halogens is 4. The van der Waals surface area contributed by atoms with Crippen LogP contribution >= 0.6 is 23.2 Å². The number of carbonyl (C=O) groups excluding carboxylic acids is 1. The topological polar surface area (TPSA) is 47.6 Å². The second kappa shape index (κ2) is 8.83. The lowest BCUT2D eigenvalue weighted by Gasteiger charge is -2.53. The Labute approximate surface area is 189 Å². The van der Waals surface area contributed by atoms with Crippen LogP contribution in [0.15, 0.2) is 36.4 Å². The van der Waals surface area contributed by atoms with Crippen molar-refractivity contribution in [3.8, 4) is 11.5 Å². The molecule has 0 radical (unpaired) electrons. The zero-order valence-electron chi connectivity index (χ0n) is 16.9. The molecule has 0 atom stereocenters. The SMILES string of the molecule is O=C(COc1ccc(Cl)c(F)c1)NC12CCC(COc3ccc(Cl)c(F)c3)(CC1)CC2. The van der Waals surface area contributed by atoms with E-state index in [9.17, 15) is 13.6 Å². The molecule has 8 heteroatoms. The average Bonchev–Trinajstić information content (AvgIpc) is 2.77. The van der Waals surface area contributed by atoms with Crippen LogP contribution < -0.4 is 14.8 Å². The molecule has 0 saturated heterocycles. The molecule has 0 spiro atoms. The van der Waals surface area contributed by atoms with Crippen LogP contribution in [0.3, 0.4) is 0 Å². The van der Waals surface area contributed by atoms with Crippen LogP contribution in [-0.2, 0) is 4.79 Å². The predicted molar refractivity (Wildman–Crippen MR) is 115 cm³/mol. The molecule has 1 amide bonds. The van der Waals surface area contributed by atoms with E-state index in [4.69, 9.17) is 32.7 Å². The molecule has 2 aromatic rings. The van der Waals surface area contributed by atoms with Crippen molar-refractivity contribution in [2.45, 2.75) is 44.1 Å². The predicted octanol–water partition coefficient (Wildman–Crippen LogP) is 5.94. The van der Waals surface area contributed by atoms with Gasteiger partial charge in [0.15, 0.2) is 6.61 Å². The number of fused-ring (bicyclic) bond motifs is 3. The first kappa shape index (κ1) is 22.2. The van der Waals surface area contributed by atoms with Gasteiger partial charge in [-0.25, -0.2) is 8.78 Å². The third-order valence-electron chi connectivity index (χ3n) is 6.50. The van der Waals surface area contributed by atoms with Crippen LogP contribution in [0.25, 0.3) is 0 Å². The molecule has 3 saturated carbocycles. The molecular weight excluding hydrogens is 447 g/mol. The van der Waals surface area contributed by atoms with Crippen molar-refractivity contribution < 1.29 is 23.0 Å².